The molecular weight excluding hydrogens is 269 g/mol. The molecule has 20 heavy (non-hydrogen) atoms. The lowest BCUT2D eigenvalue weighted by Crippen LogP contribution is -2.27. The smallest absolute Gasteiger partial charge is 0.251 e. The Kier molecular flexibility index (Phi) is 4.02. The summed E-state index contributed by atoms with van der Waals surface area (Å²) < 4.78 is 38.9. The van der Waals surface area contributed by atoms with Gasteiger partial charge in [-0.3, -0.25) is 9.78 Å². The van der Waals surface area contributed by atoms with Crippen LogP contribution in [0.15, 0.2) is 36.7 Å². The van der Waals surface area contributed by atoms with Crippen molar-refractivity contribution in [1.29, 1.82) is 0 Å². The van der Waals surface area contributed by atoms with Gasteiger partial charge < -0.3 is 5.32 Å². The fourth-order valence-corrected chi connectivity index (χ4v) is 1.70. The molecule has 0 aliphatic rings. The Labute approximate surface area is 113 Å². The molecule has 0 aliphatic carbocycles. The Morgan fingerprint density at radius 1 is 1.15 bits per heavy atom. The molecule has 1 aromatic carbocycles. The third-order valence-corrected chi connectivity index (χ3v) is 2.80. The number of pyridine rings is 1. The summed E-state index contributed by atoms with van der Waals surface area (Å²) in [6.07, 6.45) is 3.13. The number of carbonyl (C=O) groups excluding carboxylic acids is 1. The van der Waals surface area contributed by atoms with E-state index in [9.17, 15) is 18.0 Å². The van der Waals surface area contributed by atoms with Gasteiger partial charge in [-0.25, -0.2) is 13.2 Å². The van der Waals surface area contributed by atoms with Gasteiger partial charge in [-0.2, -0.15) is 0 Å². The van der Waals surface area contributed by atoms with Crippen LogP contribution in [0.4, 0.5) is 13.2 Å². The van der Waals surface area contributed by atoms with E-state index < -0.39 is 23.4 Å². The molecule has 2 rings (SSSR count). The zero-order valence-electron chi connectivity index (χ0n) is 10.5. The van der Waals surface area contributed by atoms with E-state index in [1.807, 2.05) is 0 Å². The predicted molar refractivity (Wildman–Crippen MR) is 66.4 cm³/mol. The van der Waals surface area contributed by atoms with Gasteiger partial charge in [-0.1, -0.05) is 0 Å². The standard InChI is InChI=1S/C14H11F3N2O/c1-8(9-2-4-18-5-3-9)19-14(20)10-6-11(15)13(17)12(16)7-10/h2-8H,1H3,(H,19,20). The largest absolute Gasteiger partial charge is 0.346 e. The highest BCUT2D eigenvalue weighted by molar-refractivity contribution is 5.94. The molecule has 6 heteroatoms. The van der Waals surface area contributed by atoms with Crippen molar-refractivity contribution in [3.63, 3.8) is 0 Å². The Balaban J connectivity index is 2.17. The Hall–Kier alpha value is -2.37. The van der Waals surface area contributed by atoms with Gasteiger partial charge in [0.2, 0.25) is 0 Å². The lowest BCUT2D eigenvalue weighted by molar-refractivity contribution is 0.0938. The summed E-state index contributed by atoms with van der Waals surface area (Å²) in [5.41, 5.74) is 0.513. The van der Waals surface area contributed by atoms with E-state index in [1.165, 1.54) is 0 Å². The number of nitrogens with zero attached hydrogens (tertiary/aromatic N) is 1. The zero-order chi connectivity index (χ0) is 14.7. The molecule has 1 atom stereocenters. The number of benzene rings is 1. The third kappa shape index (κ3) is 2.96. The topological polar surface area (TPSA) is 42.0 Å². The molecular formula is C14H11F3N2O. The van der Waals surface area contributed by atoms with Crippen molar-refractivity contribution in [1.82, 2.24) is 10.3 Å². The van der Waals surface area contributed by atoms with Crippen LogP contribution >= 0.6 is 0 Å². The van der Waals surface area contributed by atoms with Crippen LogP contribution in [0.3, 0.4) is 0 Å². The van der Waals surface area contributed by atoms with Gasteiger partial charge in [0.15, 0.2) is 17.5 Å². The fraction of sp³-hybridized carbons (Fsp3) is 0.143. The first-order valence-corrected chi connectivity index (χ1v) is 5.84. The maximum atomic E-state index is 13.1. The van der Waals surface area contributed by atoms with Gasteiger partial charge in [-0.15, -0.1) is 0 Å². The van der Waals surface area contributed by atoms with E-state index in [0.717, 1.165) is 5.56 Å². The second-order valence-electron chi connectivity index (χ2n) is 4.23. The number of hydrogen-bond donors (Lipinski definition) is 1. The van der Waals surface area contributed by atoms with Crippen molar-refractivity contribution >= 4 is 5.91 Å². The normalized spacial score (nSPS) is 12.0. The minimum atomic E-state index is -1.59. The fourth-order valence-electron chi connectivity index (χ4n) is 1.70. The quantitative estimate of drug-likeness (QED) is 0.878. The second kappa shape index (κ2) is 5.73. The predicted octanol–water partition coefficient (Wildman–Crippen LogP) is 2.99. The highest BCUT2D eigenvalue weighted by Crippen LogP contribution is 2.15. The average Bonchev–Trinajstić information content (AvgIpc) is 2.45. The van der Waals surface area contributed by atoms with E-state index in [2.05, 4.69) is 10.3 Å². The minimum Gasteiger partial charge on any atom is -0.346 e. The van der Waals surface area contributed by atoms with E-state index >= 15 is 0 Å². The lowest BCUT2D eigenvalue weighted by Gasteiger charge is -2.14. The molecule has 0 saturated carbocycles. The van der Waals surface area contributed by atoms with Gasteiger partial charge in [-0.05, 0) is 36.8 Å². The molecule has 2 aromatic rings. The van der Waals surface area contributed by atoms with Gasteiger partial charge >= 0.3 is 0 Å². The Bertz CT molecular complexity index is 609. The van der Waals surface area contributed by atoms with E-state index in [4.69, 9.17) is 0 Å². The monoisotopic (exact) mass is 280 g/mol. The van der Waals surface area contributed by atoms with Crippen LogP contribution in [0, 0.1) is 17.5 Å². The first-order chi connectivity index (χ1) is 9.49. The maximum Gasteiger partial charge on any atom is 0.251 e. The van der Waals surface area contributed by atoms with Crippen molar-refractivity contribution in [2.45, 2.75) is 13.0 Å². The number of carbonyl (C=O) groups is 1. The number of nitrogens with one attached hydrogen (secondary N) is 1. The Morgan fingerprint density at radius 3 is 2.25 bits per heavy atom. The van der Waals surface area contributed by atoms with Gasteiger partial charge in [0.1, 0.15) is 0 Å². The molecule has 3 nitrogen and oxygen atoms in total. The van der Waals surface area contributed by atoms with Crippen LogP contribution in [0.1, 0.15) is 28.9 Å². The van der Waals surface area contributed by atoms with Crippen LogP contribution in [-0.2, 0) is 0 Å². The van der Waals surface area contributed by atoms with E-state index in [1.54, 1.807) is 31.5 Å². The van der Waals surface area contributed by atoms with Gasteiger partial charge in [0, 0.05) is 18.0 Å². The molecule has 1 amide bonds. The molecule has 0 radical (unpaired) electrons. The van der Waals surface area contributed by atoms with E-state index in [0.29, 0.717) is 12.1 Å². The number of aromatic nitrogens is 1. The summed E-state index contributed by atoms with van der Waals surface area (Å²) in [6.45, 7) is 1.71. The molecule has 1 unspecified atom stereocenters. The SMILES string of the molecule is CC(NC(=O)c1cc(F)c(F)c(F)c1)c1ccncc1. The molecule has 0 bridgehead atoms. The first-order valence-electron chi connectivity index (χ1n) is 5.84. The second-order valence-corrected chi connectivity index (χ2v) is 4.23. The average molecular weight is 280 g/mol. The van der Waals surface area contributed by atoms with Crippen LogP contribution in [0.25, 0.3) is 0 Å². The van der Waals surface area contributed by atoms with Crippen molar-refractivity contribution in [2.75, 3.05) is 0 Å². The minimum absolute atomic E-state index is 0.276. The molecule has 104 valence electrons. The van der Waals surface area contributed by atoms with Gasteiger partial charge in [0.05, 0.1) is 6.04 Å². The van der Waals surface area contributed by atoms with Crippen LogP contribution in [-0.4, -0.2) is 10.9 Å². The summed E-state index contributed by atoms with van der Waals surface area (Å²) in [5, 5.41) is 2.56. The molecule has 1 aromatic heterocycles. The molecule has 0 saturated heterocycles. The number of amides is 1. The molecule has 0 spiro atoms. The summed E-state index contributed by atoms with van der Waals surface area (Å²) in [7, 11) is 0. The van der Waals surface area contributed by atoms with Crippen molar-refractivity contribution in [3.05, 3.63) is 65.2 Å². The highest BCUT2D eigenvalue weighted by atomic mass is 19.2. The van der Waals surface area contributed by atoms with Crippen LogP contribution < -0.4 is 5.32 Å². The summed E-state index contributed by atoms with van der Waals surface area (Å²) in [5.74, 6) is -5.07. The van der Waals surface area contributed by atoms with E-state index in [-0.39, 0.29) is 11.6 Å². The van der Waals surface area contributed by atoms with Crippen molar-refractivity contribution < 1.29 is 18.0 Å². The molecule has 1 heterocycles. The highest BCUT2D eigenvalue weighted by Gasteiger charge is 2.16. The maximum absolute atomic E-state index is 13.1. The van der Waals surface area contributed by atoms with Crippen LogP contribution in [0.5, 0.6) is 0 Å². The summed E-state index contributed by atoms with van der Waals surface area (Å²) >= 11 is 0. The first kappa shape index (κ1) is 14.0. The van der Waals surface area contributed by atoms with Crippen molar-refractivity contribution in [3.8, 4) is 0 Å². The molecule has 0 aliphatic heterocycles. The van der Waals surface area contributed by atoms with Crippen LogP contribution in [0.2, 0.25) is 0 Å². The summed E-state index contributed by atoms with van der Waals surface area (Å²) in [6, 6.07) is 4.36. The summed E-state index contributed by atoms with van der Waals surface area (Å²) in [4.78, 5) is 15.7. The third-order valence-electron chi connectivity index (χ3n) is 2.80. The number of rotatable bonds is 3. The molecule has 1 N–H and O–H groups in total. The number of halogens is 3. The number of hydrogen-bond acceptors (Lipinski definition) is 2. The Morgan fingerprint density at radius 2 is 1.70 bits per heavy atom. The lowest BCUT2D eigenvalue weighted by atomic mass is 10.1. The van der Waals surface area contributed by atoms with Crippen molar-refractivity contribution in [2.24, 2.45) is 0 Å². The van der Waals surface area contributed by atoms with Gasteiger partial charge in [0.25, 0.3) is 5.91 Å². The zero-order valence-corrected chi connectivity index (χ0v) is 10.5. The molecule has 0 fully saturated rings.